The highest BCUT2D eigenvalue weighted by molar-refractivity contribution is 5.45. The Kier molecular flexibility index (Phi) is 3.48. The molecule has 0 amide bonds. The second-order valence-corrected chi connectivity index (χ2v) is 4.84. The highest BCUT2D eigenvalue weighted by Gasteiger charge is 2.15. The third kappa shape index (κ3) is 2.56. The number of rotatable bonds is 4. The van der Waals surface area contributed by atoms with E-state index in [0.29, 0.717) is 19.1 Å². The number of nitrogens with one attached hydrogen (secondary N) is 1. The van der Waals surface area contributed by atoms with Gasteiger partial charge in [0.05, 0.1) is 0 Å². The Morgan fingerprint density at radius 2 is 1.95 bits per heavy atom. The van der Waals surface area contributed by atoms with Crippen LogP contribution in [0.15, 0.2) is 42.5 Å². The van der Waals surface area contributed by atoms with Crippen LogP contribution in [0.2, 0.25) is 0 Å². The van der Waals surface area contributed by atoms with Crippen molar-refractivity contribution in [3.8, 4) is 17.2 Å². The molecule has 1 atom stereocenters. The van der Waals surface area contributed by atoms with Crippen molar-refractivity contribution < 1.29 is 14.6 Å². The van der Waals surface area contributed by atoms with Crippen molar-refractivity contribution in [3.63, 3.8) is 0 Å². The number of phenolic OH excluding ortho intramolecular Hbond substituents is 1. The highest BCUT2D eigenvalue weighted by atomic mass is 16.7. The van der Waals surface area contributed by atoms with Crippen LogP contribution in [0, 0.1) is 0 Å². The van der Waals surface area contributed by atoms with Crippen LogP contribution in [0.4, 0.5) is 0 Å². The second kappa shape index (κ2) is 5.43. The maximum absolute atomic E-state index is 9.74. The van der Waals surface area contributed by atoms with Gasteiger partial charge in [-0.25, -0.2) is 0 Å². The van der Waals surface area contributed by atoms with Gasteiger partial charge in [-0.3, -0.25) is 0 Å². The largest absolute Gasteiger partial charge is 0.508 e. The molecule has 1 heterocycles. The third-order valence-corrected chi connectivity index (χ3v) is 3.49. The van der Waals surface area contributed by atoms with Crippen molar-refractivity contribution in [1.82, 2.24) is 5.32 Å². The Labute approximate surface area is 118 Å². The molecule has 104 valence electrons. The van der Waals surface area contributed by atoms with Crippen LogP contribution >= 0.6 is 0 Å². The predicted molar refractivity (Wildman–Crippen MR) is 75.9 cm³/mol. The summed E-state index contributed by atoms with van der Waals surface area (Å²) < 4.78 is 10.7. The first-order chi connectivity index (χ1) is 9.74. The van der Waals surface area contributed by atoms with Gasteiger partial charge in [0, 0.05) is 18.2 Å². The van der Waals surface area contributed by atoms with E-state index in [9.17, 15) is 5.11 Å². The summed E-state index contributed by atoms with van der Waals surface area (Å²) in [6, 6.07) is 13.4. The fourth-order valence-corrected chi connectivity index (χ4v) is 2.22. The standard InChI is InChI=1S/C16H17NO3/c1-11(17-9-13-4-2-3-5-14(13)18)12-6-7-15-16(8-12)20-10-19-15/h2-8,11,17-18H,9-10H2,1H3. The summed E-state index contributed by atoms with van der Waals surface area (Å²) in [7, 11) is 0. The Balaban J connectivity index is 1.67. The maximum Gasteiger partial charge on any atom is 0.231 e. The zero-order valence-electron chi connectivity index (χ0n) is 11.3. The molecule has 1 unspecified atom stereocenters. The topological polar surface area (TPSA) is 50.7 Å². The first kappa shape index (κ1) is 12.8. The van der Waals surface area contributed by atoms with Crippen molar-refractivity contribution in [2.24, 2.45) is 0 Å². The summed E-state index contributed by atoms with van der Waals surface area (Å²) in [4.78, 5) is 0. The van der Waals surface area contributed by atoms with E-state index in [1.165, 1.54) is 0 Å². The molecule has 0 saturated heterocycles. The Morgan fingerprint density at radius 1 is 1.15 bits per heavy atom. The molecule has 0 bridgehead atoms. The summed E-state index contributed by atoms with van der Waals surface area (Å²) in [6.07, 6.45) is 0. The molecular formula is C16H17NO3. The second-order valence-electron chi connectivity index (χ2n) is 4.84. The van der Waals surface area contributed by atoms with Crippen LogP contribution in [-0.2, 0) is 6.54 Å². The van der Waals surface area contributed by atoms with Gasteiger partial charge >= 0.3 is 0 Å². The minimum absolute atomic E-state index is 0.157. The average molecular weight is 271 g/mol. The van der Waals surface area contributed by atoms with Crippen molar-refractivity contribution in [3.05, 3.63) is 53.6 Å². The van der Waals surface area contributed by atoms with Crippen molar-refractivity contribution >= 4 is 0 Å². The molecule has 2 aromatic rings. The Hall–Kier alpha value is -2.20. The molecule has 2 aromatic carbocycles. The lowest BCUT2D eigenvalue weighted by Gasteiger charge is -2.15. The monoisotopic (exact) mass is 271 g/mol. The van der Waals surface area contributed by atoms with Gasteiger partial charge in [0.15, 0.2) is 11.5 Å². The normalized spacial score (nSPS) is 14.2. The minimum atomic E-state index is 0.157. The lowest BCUT2D eigenvalue weighted by atomic mass is 10.1. The van der Waals surface area contributed by atoms with Crippen molar-refractivity contribution in [2.75, 3.05) is 6.79 Å². The van der Waals surface area contributed by atoms with E-state index in [-0.39, 0.29) is 6.04 Å². The van der Waals surface area contributed by atoms with Crippen LogP contribution < -0.4 is 14.8 Å². The summed E-state index contributed by atoms with van der Waals surface area (Å²) in [6.45, 7) is 2.98. The predicted octanol–water partition coefficient (Wildman–Crippen LogP) is 2.97. The van der Waals surface area contributed by atoms with Gasteiger partial charge in [0.25, 0.3) is 0 Å². The molecule has 0 radical (unpaired) electrons. The van der Waals surface area contributed by atoms with E-state index in [4.69, 9.17) is 9.47 Å². The van der Waals surface area contributed by atoms with Crippen LogP contribution in [-0.4, -0.2) is 11.9 Å². The maximum atomic E-state index is 9.74. The van der Waals surface area contributed by atoms with Crippen LogP contribution in [0.1, 0.15) is 24.1 Å². The summed E-state index contributed by atoms with van der Waals surface area (Å²) in [5, 5.41) is 13.1. The van der Waals surface area contributed by atoms with E-state index in [1.807, 2.05) is 36.4 Å². The fourth-order valence-electron chi connectivity index (χ4n) is 2.22. The molecule has 0 aromatic heterocycles. The van der Waals surface area contributed by atoms with Gasteiger partial charge in [0.1, 0.15) is 5.75 Å². The van der Waals surface area contributed by atoms with Crippen molar-refractivity contribution in [2.45, 2.75) is 19.5 Å². The molecular weight excluding hydrogens is 254 g/mol. The third-order valence-electron chi connectivity index (χ3n) is 3.49. The molecule has 0 aliphatic carbocycles. The Morgan fingerprint density at radius 3 is 2.80 bits per heavy atom. The lowest BCUT2D eigenvalue weighted by Crippen LogP contribution is -2.18. The fraction of sp³-hybridized carbons (Fsp3) is 0.250. The number of benzene rings is 2. The molecule has 4 nitrogen and oxygen atoms in total. The lowest BCUT2D eigenvalue weighted by molar-refractivity contribution is 0.174. The molecule has 20 heavy (non-hydrogen) atoms. The SMILES string of the molecule is CC(NCc1ccccc1O)c1ccc2c(c1)OCO2. The highest BCUT2D eigenvalue weighted by Crippen LogP contribution is 2.34. The van der Waals surface area contributed by atoms with Gasteiger partial charge in [-0.05, 0) is 30.7 Å². The molecule has 0 fully saturated rings. The van der Waals surface area contributed by atoms with E-state index in [1.54, 1.807) is 6.07 Å². The Bertz CT molecular complexity index is 612. The van der Waals surface area contributed by atoms with Gasteiger partial charge in [-0.15, -0.1) is 0 Å². The summed E-state index contributed by atoms with van der Waals surface area (Å²) in [5.41, 5.74) is 2.02. The zero-order chi connectivity index (χ0) is 13.9. The van der Waals surface area contributed by atoms with Crippen LogP contribution in [0.5, 0.6) is 17.2 Å². The smallest absolute Gasteiger partial charge is 0.231 e. The number of ether oxygens (including phenoxy) is 2. The first-order valence-electron chi connectivity index (χ1n) is 6.64. The number of hydrogen-bond donors (Lipinski definition) is 2. The van der Waals surface area contributed by atoms with Crippen LogP contribution in [0.3, 0.4) is 0 Å². The molecule has 4 heteroatoms. The van der Waals surface area contributed by atoms with E-state index < -0.39 is 0 Å². The number of hydrogen-bond acceptors (Lipinski definition) is 4. The average Bonchev–Trinajstić information content (AvgIpc) is 2.93. The molecule has 0 saturated carbocycles. The quantitative estimate of drug-likeness (QED) is 0.897. The number of phenols is 1. The number of para-hydroxylation sites is 1. The van der Waals surface area contributed by atoms with Gasteiger partial charge < -0.3 is 19.9 Å². The molecule has 1 aliphatic heterocycles. The molecule has 0 spiro atoms. The number of fused-ring (bicyclic) bond motifs is 1. The minimum Gasteiger partial charge on any atom is -0.508 e. The summed E-state index contributed by atoms with van der Waals surface area (Å²) >= 11 is 0. The van der Waals surface area contributed by atoms with E-state index >= 15 is 0 Å². The van der Waals surface area contributed by atoms with E-state index in [0.717, 1.165) is 22.6 Å². The molecule has 2 N–H and O–H groups in total. The van der Waals surface area contributed by atoms with Gasteiger partial charge in [-0.1, -0.05) is 24.3 Å². The van der Waals surface area contributed by atoms with Gasteiger partial charge in [-0.2, -0.15) is 0 Å². The van der Waals surface area contributed by atoms with Crippen LogP contribution in [0.25, 0.3) is 0 Å². The zero-order valence-corrected chi connectivity index (χ0v) is 11.3. The molecule has 3 rings (SSSR count). The molecule has 1 aliphatic rings. The van der Waals surface area contributed by atoms with Gasteiger partial charge in [0.2, 0.25) is 6.79 Å². The summed E-state index contributed by atoms with van der Waals surface area (Å²) in [5.74, 6) is 1.90. The van der Waals surface area contributed by atoms with E-state index in [2.05, 4.69) is 12.2 Å². The number of aromatic hydroxyl groups is 1. The van der Waals surface area contributed by atoms with Crippen molar-refractivity contribution in [1.29, 1.82) is 0 Å². The first-order valence-corrected chi connectivity index (χ1v) is 6.64.